The third kappa shape index (κ3) is 5.34. The molecule has 12 heteroatoms. The van der Waals surface area contributed by atoms with Gasteiger partial charge in [0.15, 0.2) is 4.96 Å². The van der Waals surface area contributed by atoms with Crippen LogP contribution in [0, 0.1) is 23.5 Å². The lowest BCUT2D eigenvalue weighted by Gasteiger charge is -2.32. The molecule has 2 aromatic heterocycles. The second-order valence-corrected chi connectivity index (χ2v) is 11.4. The third-order valence-electron chi connectivity index (χ3n) is 7.56. The first-order valence-electron chi connectivity index (χ1n) is 13.3. The summed E-state index contributed by atoms with van der Waals surface area (Å²) in [5, 5.41) is 15.2. The molecule has 4 heterocycles. The van der Waals surface area contributed by atoms with E-state index in [0.717, 1.165) is 25.2 Å². The number of amides is 2. The second-order valence-electron chi connectivity index (χ2n) is 10.5. The maximum atomic E-state index is 14.4. The van der Waals surface area contributed by atoms with Gasteiger partial charge in [0, 0.05) is 61.7 Å². The molecule has 0 spiro atoms. The van der Waals surface area contributed by atoms with Crippen LogP contribution >= 0.6 is 11.3 Å². The number of nitrogens with zero attached hydrogens (tertiary/aromatic N) is 4. The number of carbonyl (C=O) groups is 2. The van der Waals surface area contributed by atoms with E-state index in [2.05, 4.69) is 27.0 Å². The maximum Gasteiger partial charge on any atom is 0.272 e. The average molecular weight is 592 g/mol. The van der Waals surface area contributed by atoms with Gasteiger partial charge in [-0.25, -0.2) is 13.8 Å². The number of imidazole rings is 1. The van der Waals surface area contributed by atoms with Crippen molar-refractivity contribution in [2.75, 3.05) is 38.7 Å². The highest BCUT2D eigenvalue weighted by Gasteiger charge is 2.32. The Morgan fingerprint density at radius 1 is 1.19 bits per heavy atom. The second kappa shape index (κ2) is 10.8. The number of anilines is 1. The molecule has 6 rings (SSSR count). The number of halogens is 2. The van der Waals surface area contributed by atoms with Gasteiger partial charge in [-0.2, -0.15) is 0 Å². The Labute approximate surface area is 244 Å². The molecule has 42 heavy (non-hydrogen) atoms. The molecule has 0 radical (unpaired) electrons. The molecule has 2 aliphatic rings. The Morgan fingerprint density at radius 2 is 1.98 bits per heavy atom. The number of fused-ring (bicyclic) bond motifs is 2. The quantitative estimate of drug-likeness (QED) is 0.355. The fourth-order valence-corrected chi connectivity index (χ4v) is 5.87. The number of aromatic nitrogens is 2. The number of hydrogen-bond donors (Lipinski definition) is 2. The lowest BCUT2D eigenvalue weighted by atomic mass is 9.92. The number of nitrogens with one attached hydrogen (secondary N) is 1. The van der Waals surface area contributed by atoms with Gasteiger partial charge >= 0.3 is 0 Å². The summed E-state index contributed by atoms with van der Waals surface area (Å²) in [5.41, 5.74) is 0.689. The number of carbonyl (C=O) groups excluding carboxylic acids is 2. The Balaban J connectivity index is 1.18. The van der Waals surface area contributed by atoms with E-state index in [1.807, 2.05) is 7.05 Å². The Kier molecular flexibility index (Phi) is 7.18. The molecule has 9 nitrogen and oxygen atoms in total. The van der Waals surface area contributed by atoms with Crippen molar-refractivity contribution in [3.8, 4) is 28.8 Å². The number of piperidine rings is 1. The molecule has 0 unspecified atom stereocenters. The van der Waals surface area contributed by atoms with Crippen LogP contribution in [0.5, 0.6) is 5.75 Å². The standard InChI is InChI=1S/C30H27F2N5O4S/c1-35-11-9-30(40,10-12-35)8-7-18-3-6-26-24(13-18)36(2)28(39)23(16-41-26)33-27(38)22-15-37-25(17-42-29(37)34-22)20-5-4-19(31)14-21(20)32/h3-6,13-15,17,23,40H,9-12,16H2,1-2H3,(H,33,38)/t23-/m0/s1. The van der Waals surface area contributed by atoms with E-state index in [-0.39, 0.29) is 17.9 Å². The minimum absolute atomic E-state index is 0.0345. The molecule has 2 N–H and O–H groups in total. The highest BCUT2D eigenvalue weighted by molar-refractivity contribution is 7.15. The molecule has 1 saturated heterocycles. The Bertz CT molecular complexity index is 1770. The number of hydrogen-bond acceptors (Lipinski definition) is 7. The Morgan fingerprint density at radius 3 is 2.74 bits per heavy atom. The zero-order chi connectivity index (χ0) is 29.6. The van der Waals surface area contributed by atoms with E-state index >= 15 is 0 Å². The van der Waals surface area contributed by atoms with Gasteiger partial charge in [-0.3, -0.25) is 14.0 Å². The van der Waals surface area contributed by atoms with Gasteiger partial charge in [0.2, 0.25) is 0 Å². The normalized spacial score (nSPS) is 18.5. The molecule has 0 saturated carbocycles. The van der Waals surface area contributed by atoms with E-state index in [1.165, 1.54) is 28.5 Å². The van der Waals surface area contributed by atoms with Crippen molar-refractivity contribution in [3.05, 3.63) is 70.9 Å². The van der Waals surface area contributed by atoms with Crippen LogP contribution < -0.4 is 15.0 Å². The van der Waals surface area contributed by atoms with Gasteiger partial charge in [0.1, 0.15) is 41.3 Å². The zero-order valence-electron chi connectivity index (χ0n) is 22.9. The predicted octanol–water partition coefficient (Wildman–Crippen LogP) is 3.30. The predicted molar refractivity (Wildman–Crippen MR) is 154 cm³/mol. The van der Waals surface area contributed by atoms with Crippen LogP contribution in [0.15, 0.2) is 48.0 Å². The Hall–Kier alpha value is -4.31. The van der Waals surface area contributed by atoms with Crippen LogP contribution in [0.4, 0.5) is 14.5 Å². The summed E-state index contributed by atoms with van der Waals surface area (Å²) in [6.07, 6.45) is 2.57. The molecule has 216 valence electrons. The van der Waals surface area contributed by atoms with Crippen LogP contribution in [0.1, 0.15) is 28.9 Å². The van der Waals surface area contributed by atoms with E-state index in [4.69, 9.17) is 4.74 Å². The van der Waals surface area contributed by atoms with Crippen molar-refractivity contribution in [2.45, 2.75) is 24.5 Å². The van der Waals surface area contributed by atoms with Crippen molar-refractivity contribution >= 4 is 33.8 Å². The van der Waals surface area contributed by atoms with Crippen molar-refractivity contribution in [1.29, 1.82) is 0 Å². The number of likely N-dealkylation sites (N-methyl/N-ethyl adjacent to an activating group) is 1. The molecule has 4 aromatic rings. The summed E-state index contributed by atoms with van der Waals surface area (Å²) in [6.45, 7) is 1.42. The third-order valence-corrected chi connectivity index (χ3v) is 8.40. The van der Waals surface area contributed by atoms with Crippen molar-refractivity contribution in [2.24, 2.45) is 0 Å². The van der Waals surface area contributed by atoms with E-state index < -0.39 is 35.1 Å². The van der Waals surface area contributed by atoms with E-state index in [1.54, 1.807) is 35.0 Å². The molecule has 2 aromatic carbocycles. The van der Waals surface area contributed by atoms with Gasteiger partial charge in [0.25, 0.3) is 11.8 Å². The van der Waals surface area contributed by atoms with Crippen molar-refractivity contribution in [1.82, 2.24) is 19.6 Å². The number of ether oxygens (including phenoxy) is 1. The van der Waals surface area contributed by atoms with Crippen LogP contribution in [0.3, 0.4) is 0 Å². The minimum Gasteiger partial charge on any atom is -0.489 e. The fraction of sp³-hybridized carbons (Fsp3) is 0.300. The van der Waals surface area contributed by atoms with Crippen LogP contribution in [0.2, 0.25) is 0 Å². The number of thiazole rings is 1. The number of aliphatic hydroxyl groups is 1. The monoisotopic (exact) mass is 591 g/mol. The van der Waals surface area contributed by atoms with E-state index in [9.17, 15) is 23.5 Å². The highest BCUT2D eigenvalue weighted by atomic mass is 32.1. The first kappa shape index (κ1) is 27.8. The lowest BCUT2D eigenvalue weighted by Crippen LogP contribution is -2.49. The molecule has 2 aliphatic heterocycles. The van der Waals surface area contributed by atoms with Crippen LogP contribution in [-0.4, -0.2) is 76.6 Å². The van der Waals surface area contributed by atoms with Gasteiger partial charge in [0.05, 0.1) is 11.4 Å². The van der Waals surface area contributed by atoms with Crippen LogP contribution in [0.25, 0.3) is 16.2 Å². The molecule has 2 amide bonds. The summed E-state index contributed by atoms with van der Waals surface area (Å²) >= 11 is 1.20. The lowest BCUT2D eigenvalue weighted by molar-refractivity contribution is -0.120. The molecular formula is C30H27F2N5O4S. The van der Waals surface area contributed by atoms with Gasteiger partial charge < -0.3 is 25.0 Å². The smallest absolute Gasteiger partial charge is 0.272 e. The minimum atomic E-state index is -1.05. The van der Waals surface area contributed by atoms with Crippen molar-refractivity contribution < 1.29 is 28.2 Å². The molecule has 0 aliphatic carbocycles. The molecule has 1 atom stereocenters. The summed E-state index contributed by atoms with van der Waals surface area (Å²) in [7, 11) is 3.60. The fourth-order valence-electron chi connectivity index (χ4n) is 5.00. The first-order chi connectivity index (χ1) is 20.1. The van der Waals surface area contributed by atoms with Crippen LogP contribution in [-0.2, 0) is 4.79 Å². The summed E-state index contributed by atoms with van der Waals surface area (Å²) in [4.78, 5) is 34.8. The molecule has 1 fully saturated rings. The van der Waals surface area contributed by atoms with Gasteiger partial charge in [-0.15, -0.1) is 11.3 Å². The van der Waals surface area contributed by atoms with Gasteiger partial charge in [-0.1, -0.05) is 11.8 Å². The highest BCUT2D eigenvalue weighted by Crippen LogP contribution is 2.32. The van der Waals surface area contributed by atoms with Gasteiger partial charge in [-0.05, 0) is 37.4 Å². The maximum absolute atomic E-state index is 14.4. The van der Waals surface area contributed by atoms with Crippen molar-refractivity contribution in [3.63, 3.8) is 0 Å². The average Bonchev–Trinajstić information content (AvgIpc) is 3.54. The largest absolute Gasteiger partial charge is 0.489 e. The SMILES string of the molecule is CN1CCC(O)(C#Cc2ccc3c(c2)N(C)C(=O)[C@@H](NC(=O)c2cn4c(-c5ccc(F)cc5F)csc4n2)CO3)CC1. The summed E-state index contributed by atoms with van der Waals surface area (Å²) in [5.74, 6) is 4.08. The zero-order valence-corrected chi connectivity index (χ0v) is 23.7. The first-order valence-corrected chi connectivity index (χ1v) is 14.2. The number of likely N-dealkylation sites (tertiary alicyclic amines) is 1. The molecule has 0 bridgehead atoms. The summed E-state index contributed by atoms with van der Waals surface area (Å²) in [6, 6.07) is 7.48. The summed E-state index contributed by atoms with van der Waals surface area (Å²) < 4.78 is 35.2. The van der Waals surface area contributed by atoms with E-state index in [0.29, 0.717) is 40.5 Å². The number of benzene rings is 2. The number of rotatable bonds is 3. The topological polar surface area (TPSA) is 99.4 Å². The molecular weight excluding hydrogens is 564 g/mol.